The number of H-pyrrole nitrogens is 1. The van der Waals surface area contributed by atoms with Crippen molar-refractivity contribution in [2.24, 2.45) is 0 Å². The van der Waals surface area contributed by atoms with Crippen LogP contribution in [0, 0.1) is 6.92 Å². The zero-order valence-corrected chi connectivity index (χ0v) is 10.4. The van der Waals surface area contributed by atoms with Gasteiger partial charge in [0.1, 0.15) is 0 Å². The Balaban J connectivity index is 2.23. The van der Waals surface area contributed by atoms with Gasteiger partial charge >= 0.3 is 5.69 Å². The number of aryl methyl sites for hydroxylation is 1. The fourth-order valence-electron chi connectivity index (χ4n) is 2.05. The van der Waals surface area contributed by atoms with Gasteiger partial charge in [-0.05, 0) is 24.1 Å². The van der Waals surface area contributed by atoms with Crippen molar-refractivity contribution < 1.29 is 4.52 Å². The van der Waals surface area contributed by atoms with Gasteiger partial charge in [0.15, 0.2) is 0 Å². The summed E-state index contributed by atoms with van der Waals surface area (Å²) in [5, 5.41) is 2.22. The van der Waals surface area contributed by atoms with Crippen molar-refractivity contribution in [1.29, 1.82) is 0 Å². The van der Waals surface area contributed by atoms with Crippen LogP contribution in [0.5, 0.6) is 0 Å². The van der Waals surface area contributed by atoms with Gasteiger partial charge in [-0.15, -0.1) is 0 Å². The molecule has 0 aliphatic heterocycles. The van der Waals surface area contributed by atoms with Gasteiger partial charge < -0.3 is 4.52 Å². The summed E-state index contributed by atoms with van der Waals surface area (Å²) in [6, 6.07) is 15.9. The van der Waals surface area contributed by atoms with Crippen LogP contribution in [-0.2, 0) is 0 Å². The molecule has 0 radical (unpaired) electrons. The Bertz CT molecular complexity index is 757. The van der Waals surface area contributed by atoms with E-state index in [0.29, 0.717) is 5.89 Å². The quantitative estimate of drug-likeness (QED) is 0.762. The molecule has 94 valence electrons. The molecule has 1 N–H and O–H groups in total. The van der Waals surface area contributed by atoms with Gasteiger partial charge in [-0.3, -0.25) is 0 Å². The maximum atomic E-state index is 11.1. The molecule has 1 heterocycles. The Hall–Kier alpha value is -2.62. The van der Waals surface area contributed by atoms with E-state index in [-0.39, 0.29) is 0 Å². The molecule has 19 heavy (non-hydrogen) atoms. The first-order chi connectivity index (χ1) is 9.24. The van der Waals surface area contributed by atoms with E-state index in [1.165, 1.54) is 0 Å². The Kier molecular flexibility index (Phi) is 2.76. The first-order valence-electron chi connectivity index (χ1n) is 5.96. The van der Waals surface area contributed by atoms with Crippen LogP contribution in [0.25, 0.3) is 22.6 Å². The van der Waals surface area contributed by atoms with Crippen molar-refractivity contribution in [3.8, 4) is 22.6 Å². The summed E-state index contributed by atoms with van der Waals surface area (Å²) in [6.45, 7) is 1.99. The summed E-state index contributed by atoms with van der Waals surface area (Å²) >= 11 is 0. The van der Waals surface area contributed by atoms with Crippen molar-refractivity contribution in [1.82, 2.24) is 10.1 Å². The number of nitrogens with one attached hydrogen (secondary N) is 1. The average molecular weight is 252 g/mol. The molecular formula is C15H12N2O2. The molecule has 4 heteroatoms. The number of aromatic nitrogens is 2. The molecule has 0 amide bonds. The van der Waals surface area contributed by atoms with Crippen LogP contribution >= 0.6 is 0 Å². The third kappa shape index (κ3) is 2.20. The molecule has 0 atom stereocenters. The van der Waals surface area contributed by atoms with Gasteiger partial charge in [-0.2, -0.15) is 10.1 Å². The average Bonchev–Trinajstić information content (AvgIpc) is 2.86. The van der Waals surface area contributed by atoms with Gasteiger partial charge in [0.2, 0.25) is 0 Å². The number of aromatic amines is 1. The number of hydrogen-bond donors (Lipinski definition) is 1. The summed E-state index contributed by atoms with van der Waals surface area (Å²) in [5.41, 5.74) is 3.46. The molecular weight excluding hydrogens is 240 g/mol. The lowest BCUT2D eigenvalue weighted by Crippen LogP contribution is -2.00. The van der Waals surface area contributed by atoms with E-state index < -0.39 is 5.69 Å². The Morgan fingerprint density at radius 3 is 2.53 bits per heavy atom. The molecule has 2 aromatic carbocycles. The molecule has 3 rings (SSSR count). The SMILES string of the molecule is Cc1ccc(-c2ccccc2)c(-c2nc(=O)[nH]o2)c1. The highest BCUT2D eigenvalue weighted by molar-refractivity contribution is 5.80. The Labute approximate surface area is 109 Å². The molecule has 0 fully saturated rings. The molecule has 0 bridgehead atoms. The van der Waals surface area contributed by atoms with Crippen LogP contribution in [0.15, 0.2) is 57.8 Å². The van der Waals surface area contributed by atoms with Crippen molar-refractivity contribution >= 4 is 0 Å². The smallest absolute Gasteiger partial charge is 0.357 e. The fraction of sp³-hybridized carbons (Fsp3) is 0.0667. The van der Waals surface area contributed by atoms with Gasteiger partial charge in [0, 0.05) is 5.56 Å². The van der Waals surface area contributed by atoms with E-state index in [1.807, 2.05) is 55.5 Å². The van der Waals surface area contributed by atoms with Crippen LogP contribution in [0.2, 0.25) is 0 Å². The van der Waals surface area contributed by atoms with E-state index in [0.717, 1.165) is 22.3 Å². The molecule has 0 unspecified atom stereocenters. The molecule has 0 saturated carbocycles. The summed E-state index contributed by atoms with van der Waals surface area (Å²) in [5.74, 6) is 0.313. The van der Waals surface area contributed by atoms with Crippen molar-refractivity contribution in [3.05, 3.63) is 64.6 Å². The summed E-state index contributed by atoms with van der Waals surface area (Å²) < 4.78 is 5.12. The van der Waals surface area contributed by atoms with Crippen molar-refractivity contribution in [3.63, 3.8) is 0 Å². The minimum Gasteiger partial charge on any atom is -0.357 e. The zero-order valence-electron chi connectivity index (χ0n) is 10.4. The highest BCUT2D eigenvalue weighted by Crippen LogP contribution is 2.31. The topological polar surface area (TPSA) is 58.9 Å². The van der Waals surface area contributed by atoms with Crippen LogP contribution < -0.4 is 5.69 Å². The van der Waals surface area contributed by atoms with E-state index in [4.69, 9.17) is 4.52 Å². The molecule has 1 aromatic heterocycles. The predicted octanol–water partition coefficient (Wildman–Crippen LogP) is 3.01. The second kappa shape index (κ2) is 4.57. The molecule has 0 aliphatic rings. The van der Waals surface area contributed by atoms with Gasteiger partial charge in [0.05, 0.1) is 0 Å². The zero-order chi connectivity index (χ0) is 13.2. The van der Waals surface area contributed by atoms with E-state index in [1.54, 1.807) is 0 Å². The first kappa shape index (κ1) is 11.5. The van der Waals surface area contributed by atoms with Crippen molar-refractivity contribution in [2.75, 3.05) is 0 Å². The molecule has 0 aliphatic carbocycles. The van der Waals surface area contributed by atoms with Crippen LogP contribution in [0.4, 0.5) is 0 Å². The van der Waals surface area contributed by atoms with Crippen LogP contribution in [0.1, 0.15) is 5.56 Å². The minimum absolute atomic E-state index is 0.313. The molecule has 0 saturated heterocycles. The van der Waals surface area contributed by atoms with E-state index >= 15 is 0 Å². The fourth-order valence-corrected chi connectivity index (χ4v) is 2.05. The van der Waals surface area contributed by atoms with Crippen LogP contribution in [0.3, 0.4) is 0 Å². The van der Waals surface area contributed by atoms with Gasteiger partial charge in [-0.25, -0.2) is 4.79 Å². The summed E-state index contributed by atoms with van der Waals surface area (Å²) in [4.78, 5) is 15.0. The third-order valence-electron chi connectivity index (χ3n) is 2.93. The lowest BCUT2D eigenvalue weighted by molar-refractivity contribution is 0.424. The second-order valence-electron chi connectivity index (χ2n) is 4.34. The first-order valence-corrected chi connectivity index (χ1v) is 5.96. The monoisotopic (exact) mass is 252 g/mol. The number of benzene rings is 2. The highest BCUT2D eigenvalue weighted by atomic mass is 16.5. The normalized spacial score (nSPS) is 10.6. The molecule has 0 spiro atoms. The number of rotatable bonds is 2. The number of hydrogen-bond acceptors (Lipinski definition) is 3. The maximum Gasteiger partial charge on any atom is 0.377 e. The summed E-state index contributed by atoms with van der Waals surface area (Å²) in [7, 11) is 0. The maximum absolute atomic E-state index is 11.1. The van der Waals surface area contributed by atoms with Gasteiger partial charge in [0.25, 0.3) is 5.89 Å². The standard InChI is InChI=1S/C15H12N2O2/c1-10-7-8-12(11-5-3-2-4-6-11)13(9-10)14-16-15(18)17-19-14/h2-9H,1H3,(H,17,18). The minimum atomic E-state index is -0.476. The van der Waals surface area contributed by atoms with E-state index in [2.05, 4.69) is 10.1 Å². The molecule has 3 aromatic rings. The lowest BCUT2D eigenvalue weighted by atomic mass is 9.98. The van der Waals surface area contributed by atoms with Crippen molar-refractivity contribution in [2.45, 2.75) is 6.92 Å². The third-order valence-corrected chi connectivity index (χ3v) is 2.93. The molecule has 4 nitrogen and oxygen atoms in total. The van der Waals surface area contributed by atoms with Gasteiger partial charge in [-0.1, -0.05) is 48.0 Å². The van der Waals surface area contributed by atoms with E-state index in [9.17, 15) is 4.79 Å². The second-order valence-corrected chi connectivity index (χ2v) is 4.34. The largest absolute Gasteiger partial charge is 0.377 e. The Morgan fingerprint density at radius 2 is 1.84 bits per heavy atom. The predicted molar refractivity (Wildman–Crippen MR) is 72.7 cm³/mol. The lowest BCUT2D eigenvalue weighted by Gasteiger charge is -2.07. The summed E-state index contributed by atoms with van der Waals surface area (Å²) in [6.07, 6.45) is 0. The highest BCUT2D eigenvalue weighted by Gasteiger charge is 2.12. The Morgan fingerprint density at radius 1 is 1.05 bits per heavy atom. The van der Waals surface area contributed by atoms with Crippen LogP contribution in [-0.4, -0.2) is 10.1 Å². The number of nitrogens with zero attached hydrogens (tertiary/aromatic N) is 1.